The predicted octanol–water partition coefficient (Wildman–Crippen LogP) is 4.23. The Labute approximate surface area is 161 Å². The Balaban J connectivity index is 1.91. The van der Waals surface area contributed by atoms with Crippen molar-refractivity contribution < 1.29 is 13.9 Å². The van der Waals surface area contributed by atoms with Gasteiger partial charge < -0.3 is 10.1 Å². The molecule has 5 nitrogen and oxygen atoms in total. The molecule has 1 atom stereocenters. The third kappa shape index (κ3) is 3.98. The van der Waals surface area contributed by atoms with Crippen LogP contribution < -0.4 is 10.1 Å². The van der Waals surface area contributed by atoms with Gasteiger partial charge in [0.15, 0.2) is 5.16 Å². The topological polar surface area (TPSA) is 56.1 Å². The van der Waals surface area contributed by atoms with Crippen molar-refractivity contribution in [2.24, 2.45) is 0 Å². The summed E-state index contributed by atoms with van der Waals surface area (Å²) in [4.78, 5) is 17.2. The number of rotatable bonds is 6. The van der Waals surface area contributed by atoms with E-state index in [4.69, 9.17) is 4.74 Å². The molecule has 2 aromatic carbocycles. The minimum Gasteiger partial charge on any atom is -0.496 e. The second-order valence-electron chi connectivity index (χ2n) is 5.88. The molecule has 1 N–H and O–H groups in total. The van der Waals surface area contributed by atoms with Crippen LogP contribution in [0.1, 0.15) is 29.0 Å². The highest BCUT2D eigenvalue weighted by Crippen LogP contribution is 2.26. The lowest BCUT2D eigenvalue weighted by molar-refractivity contribution is 0.0932. The van der Waals surface area contributed by atoms with Crippen molar-refractivity contribution in [2.75, 3.05) is 13.4 Å². The van der Waals surface area contributed by atoms with Crippen LogP contribution in [0.4, 0.5) is 4.39 Å². The van der Waals surface area contributed by atoms with Gasteiger partial charge in [-0.3, -0.25) is 9.36 Å². The fourth-order valence-electron chi connectivity index (χ4n) is 2.85. The van der Waals surface area contributed by atoms with Crippen LogP contribution in [-0.2, 0) is 0 Å². The number of ether oxygens (including phenoxy) is 1. The van der Waals surface area contributed by atoms with Crippen molar-refractivity contribution in [1.82, 2.24) is 14.9 Å². The van der Waals surface area contributed by atoms with Crippen molar-refractivity contribution in [3.63, 3.8) is 0 Å². The van der Waals surface area contributed by atoms with Gasteiger partial charge in [0.05, 0.1) is 19.3 Å². The number of amides is 1. The van der Waals surface area contributed by atoms with E-state index in [1.54, 1.807) is 23.8 Å². The van der Waals surface area contributed by atoms with Crippen LogP contribution in [0.5, 0.6) is 5.75 Å². The first-order valence-electron chi connectivity index (χ1n) is 8.36. The summed E-state index contributed by atoms with van der Waals surface area (Å²) in [6.07, 6.45) is 3.40. The van der Waals surface area contributed by atoms with E-state index in [0.29, 0.717) is 22.3 Å². The fourth-order valence-corrected chi connectivity index (χ4v) is 3.40. The molecule has 0 bridgehead atoms. The number of hydrogen-bond acceptors (Lipinski definition) is 4. The van der Waals surface area contributed by atoms with Crippen molar-refractivity contribution >= 4 is 17.7 Å². The van der Waals surface area contributed by atoms with E-state index >= 15 is 0 Å². The third-order valence-electron chi connectivity index (χ3n) is 4.18. The van der Waals surface area contributed by atoms with Crippen molar-refractivity contribution in [3.8, 4) is 11.4 Å². The van der Waals surface area contributed by atoms with Crippen LogP contribution in [0, 0.1) is 5.82 Å². The predicted molar refractivity (Wildman–Crippen MR) is 104 cm³/mol. The van der Waals surface area contributed by atoms with Crippen LogP contribution in [-0.4, -0.2) is 28.8 Å². The van der Waals surface area contributed by atoms with Crippen molar-refractivity contribution in [1.29, 1.82) is 0 Å². The average molecular weight is 385 g/mol. The van der Waals surface area contributed by atoms with Crippen LogP contribution in [0.2, 0.25) is 0 Å². The van der Waals surface area contributed by atoms with Gasteiger partial charge in [0, 0.05) is 11.3 Å². The quantitative estimate of drug-likeness (QED) is 0.645. The number of aromatic nitrogens is 2. The molecule has 1 amide bonds. The molecule has 1 aromatic heterocycles. The van der Waals surface area contributed by atoms with Gasteiger partial charge in [-0.2, -0.15) is 0 Å². The number of hydrogen-bond donors (Lipinski definition) is 1. The van der Waals surface area contributed by atoms with Crippen molar-refractivity contribution in [2.45, 2.75) is 18.1 Å². The summed E-state index contributed by atoms with van der Waals surface area (Å²) in [5.74, 6) is 0.105. The number of imidazole rings is 1. The van der Waals surface area contributed by atoms with Crippen LogP contribution >= 0.6 is 11.8 Å². The van der Waals surface area contributed by atoms with Gasteiger partial charge in [0.2, 0.25) is 0 Å². The fraction of sp³-hybridized carbons (Fsp3) is 0.200. The smallest absolute Gasteiger partial charge is 0.270 e. The SMILES string of the molecule is COc1ccccc1[C@H](C)NC(=O)c1cnc(SC)n1-c1ccc(F)cc1. The first-order valence-corrected chi connectivity index (χ1v) is 9.59. The molecule has 7 heteroatoms. The molecule has 3 rings (SSSR count). The largest absolute Gasteiger partial charge is 0.496 e. The van der Waals surface area contributed by atoms with Gasteiger partial charge in [-0.05, 0) is 43.5 Å². The first-order chi connectivity index (χ1) is 13.0. The van der Waals surface area contributed by atoms with Crippen LogP contribution in [0.25, 0.3) is 5.69 Å². The van der Waals surface area contributed by atoms with Gasteiger partial charge >= 0.3 is 0 Å². The summed E-state index contributed by atoms with van der Waals surface area (Å²) in [7, 11) is 1.60. The Morgan fingerprint density at radius 1 is 1.22 bits per heavy atom. The summed E-state index contributed by atoms with van der Waals surface area (Å²) in [6, 6.07) is 13.2. The van der Waals surface area contributed by atoms with E-state index < -0.39 is 0 Å². The van der Waals surface area contributed by atoms with E-state index in [1.807, 2.05) is 37.4 Å². The van der Waals surface area contributed by atoms with Crippen LogP contribution in [0.3, 0.4) is 0 Å². The number of methoxy groups -OCH3 is 1. The second-order valence-corrected chi connectivity index (χ2v) is 6.65. The van der Waals surface area contributed by atoms with Crippen LogP contribution in [0.15, 0.2) is 59.9 Å². The molecule has 27 heavy (non-hydrogen) atoms. The molecule has 0 saturated heterocycles. The highest BCUT2D eigenvalue weighted by molar-refractivity contribution is 7.98. The molecule has 0 fully saturated rings. The lowest BCUT2D eigenvalue weighted by Crippen LogP contribution is -2.28. The Morgan fingerprint density at radius 2 is 1.93 bits per heavy atom. The molecule has 0 aliphatic carbocycles. The number of benzene rings is 2. The third-order valence-corrected chi connectivity index (χ3v) is 4.84. The molecule has 0 radical (unpaired) electrons. The van der Waals surface area contributed by atoms with E-state index in [2.05, 4.69) is 10.3 Å². The Bertz CT molecular complexity index is 941. The first kappa shape index (κ1) is 19.0. The summed E-state index contributed by atoms with van der Waals surface area (Å²) in [6.45, 7) is 1.89. The normalized spacial score (nSPS) is 11.9. The summed E-state index contributed by atoms with van der Waals surface area (Å²) in [5.41, 5.74) is 1.94. The van der Waals surface area contributed by atoms with E-state index in [0.717, 1.165) is 5.56 Å². The Kier molecular flexibility index (Phi) is 5.81. The maximum atomic E-state index is 13.3. The highest BCUT2D eigenvalue weighted by Gasteiger charge is 2.21. The highest BCUT2D eigenvalue weighted by atomic mass is 32.2. The minimum atomic E-state index is -0.333. The maximum Gasteiger partial charge on any atom is 0.270 e. The number of carbonyl (C=O) groups is 1. The Morgan fingerprint density at radius 3 is 2.59 bits per heavy atom. The van der Waals surface area contributed by atoms with E-state index in [1.165, 1.54) is 30.1 Å². The zero-order chi connectivity index (χ0) is 19.4. The molecule has 0 spiro atoms. The second kappa shape index (κ2) is 8.26. The molecule has 0 unspecified atom stereocenters. The minimum absolute atomic E-state index is 0.261. The summed E-state index contributed by atoms with van der Waals surface area (Å²) < 4.78 is 20.4. The molecule has 0 aliphatic rings. The molecular weight excluding hydrogens is 365 g/mol. The maximum absolute atomic E-state index is 13.3. The van der Waals surface area contributed by atoms with Gasteiger partial charge in [0.1, 0.15) is 17.3 Å². The van der Waals surface area contributed by atoms with Gasteiger partial charge in [-0.15, -0.1) is 0 Å². The Hall–Kier alpha value is -2.80. The number of halogens is 1. The number of thioether (sulfide) groups is 1. The standard InChI is InChI=1S/C20H20FN3O2S/c1-13(16-6-4-5-7-18(16)26-2)23-19(25)17-12-22-20(27-3)24(17)15-10-8-14(21)9-11-15/h4-13H,1-3H3,(H,23,25)/t13-/m0/s1. The summed E-state index contributed by atoms with van der Waals surface area (Å²) in [5, 5.41) is 3.63. The molecule has 3 aromatic rings. The van der Waals surface area contributed by atoms with Gasteiger partial charge in [-0.1, -0.05) is 30.0 Å². The van der Waals surface area contributed by atoms with Crippen molar-refractivity contribution in [3.05, 3.63) is 71.8 Å². The number of nitrogens with one attached hydrogen (secondary N) is 1. The zero-order valence-corrected chi connectivity index (χ0v) is 16.1. The van der Waals surface area contributed by atoms with Gasteiger partial charge in [-0.25, -0.2) is 9.37 Å². The molecule has 140 valence electrons. The lowest BCUT2D eigenvalue weighted by Gasteiger charge is -2.18. The average Bonchev–Trinajstić information content (AvgIpc) is 3.12. The number of nitrogens with zero attached hydrogens (tertiary/aromatic N) is 2. The molecule has 1 heterocycles. The van der Waals surface area contributed by atoms with E-state index in [9.17, 15) is 9.18 Å². The monoisotopic (exact) mass is 385 g/mol. The zero-order valence-electron chi connectivity index (χ0n) is 15.3. The molecule has 0 saturated carbocycles. The van der Waals surface area contributed by atoms with E-state index in [-0.39, 0.29) is 17.8 Å². The molecular formula is C20H20FN3O2S. The van der Waals surface area contributed by atoms with Gasteiger partial charge in [0.25, 0.3) is 5.91 Å². The summed E-state index contributed by atoms with van der Waals surface area (Å²) >= 11 is 1.41. The lowest BCUT2D eigenvalue weighted by atomic mass is 10.1. The number of para-hydroxylation sites is 1. The number of carbonyl (C=O) groups excluding carboxylic acids is 1. The molecule has 0 aliphatic heterocycles.